The maximum atomic E-state index is 11.8. The van der Waals surface area contributed by atoms with Gasteiger partial charge in [0, 0.05) is 12.5 Å². The summed E-state index contributed by atoms with van der Waals surface area (Å²) in [4.78, 5) is -0.0940. The molecule has 1 N–H and O–H groups in total. The number of hydrogen-bond acceptors (Lipinski definition) is 6. The third kappa shape index (κ3) is 3.85. The van der Waals surface area contributed by atoms with E-state index in [0.717, 1.165) is 18.6 Å². The molecule has 0 aliphatic rings. The molecule has 0 saturated heterocycles. The second-order valence-corrected chi connectivity index (χ2v) is 8.64. The van der Waals surface area contributed by atoms with Gasteiger partial charge in [0.25, 0.3) is 0 Å². The highest BCUT2D eigenvalue weighted by Crippen LogP contribution is 2.25. The van der Waals surface area contributed by atoms with Gasteiger partial charge in [0.2, 0.25) is 0 Å². The average molecular weight is 329 g/mol. The van der Waals surface area contributed by atoms with Gasteiger partial charge in [-0.3, -0.25) is 0 Å². The van der Waals surface area contributed by atoms with E-state index in [1.807, 2.05) is 0 Å². The van der Waals surface area contributed by atoms with Crippen LogP contribution in [-0.4, -0.2) is 29.3 Å². The quantitative estimate of drug-likeness (QED) is 0.897. The van der Waals surface area contributed by atoms with E-state index in [-0.39, 0.29) is 9.79 Å². The molecule has 2 aromatic rings. The molecule has 0 radical (unpaired) electrons. The van der Waals surface area contributed by atoms with E-state index in [9.17, 15) is 16.8 Å². The second kappa shape index (κ2) is 5.53. The SMILES string of the molecule is CS(=O)(=O)c1ccc(NCc2ccco2)c(S(C)(=O)=O)c1. The van der Waals surface area contributed by atoms with E-state index >= 15 is 0 Å². The molecular formula is C13H15NO5S2. The summed E-state index contributed by atoms with van der Waals surface area (Å²) in [5.41, 5.74) is 0.335. The minimum absolute atomic E-state index is 0.0357. The van der Waals surface area contributed by atoms with Gasteiger partial charge in [0.15, 0.2) is 19.7 Å². The largest absolute Gasteiger partial charge is 0.467 e. The van der Waals surface area contributed by atoms with Gasteiger partial charge in [-0.05, 0) is 30.3 Å². The fourth-order valence-corrected chi connectivity index (χ4v) is 3.38. The maximum Gasteiger partial charge on any atom is 0.177 e. The van der Waals surface area contributed by atoms with E-state index in [1.165, 1.54) is 18.4 Å². The Kier molecular flexibility index (Phi) is 4.11. The summed E-state index contributed by atoms with van der Waals surface area (Å²) < 4.78 is 51.9. The van der Waals surface area contributed by atoms with Crippen LogP contribution in [0, 0.1) is 0 Å². The average Bonchev–Trinajstić information content (AvgIpc) is 2.87. The summed E-state index contributed by atoms with van der Waals surface area (Å²) in [5.74, 6) is 0.640. The molecule has 0 aliphatic heterocycles. The smallest absolute Gasteiger partial charge is 0.177 e. The highest BCUT2D eigenvalue weighted by atomic mass is 32.2. The molecule has 0 aliphatic carbocycles. The first-order valence-corrected chi connectivity index (χ1v) is 9.76. The van der Waals surface area contributed by atoms with Crippen LogP contribution in [0.4, 0.5) is 5.69 Å². The van der Waals surface area contributed by atoms with Crippen molar-refractivity contribution < 1.29 is 21.3 Å². The zero-order chi connectivity index (χ0) is 15.7. The van der Waals surface area contributed by atoms with E-state index in [0.29, 0.717) is 18.0 Å². The third-order valence-corrected chi connectivity index (χ3v) is 5.06. The monoisotopic (exact) mass is 329 g/mol. The predicted octanol–water partition coefficient (Wildman–Crippen LogP) is 1.70. The molecular weight excluding hydrogens is 314 g/mol. The van der Waals surface area contributed by atoms with E-state index in [1.54, 1.807) is 12.1 Å². The number of furan rings is 1. The van der Waals surface area contributed by atoms with Crippen molar-refractivity contribution in [3.8, 4) is 0 Å². The Bertz CT molecular complexity index is 837. The Morgan fingerprint density at radius 2 is 1.76 bits per heavy atom. The van der Waals surface area contributed by atoms with Crippen LogP contribution in [-0.2, 0) is 26.2 Å². The highest BCUT2D eigenvalue weighted by Gasteiger charge is 2.17. The fourth-order valence-electron chi connectivity index (χ4n) is 1.78. The van der Waals surface area contributed by atoms with Crippen LogP contribution in [0.15, 0.2) is 50.8 Å². The van der Waals surface area contributed by atoms with Gasteiger partial charge >= 0.3 is 0 Å². The van der Waals surface area contributed by atoms with Crippen LogP contribution in [0.3, 0.4) is 0 Å². The molecule has 114 valence electrons. The van der Waals surface area contributed by atoms with Crippen molar-refractivity contribution in [2.75, 3.05) is 17.8 Å². The van der Waals surface area contributed by atoms with Gasteiger partial charge in [-0.2, -0.15) is 0 Å². The number of anilines is 1. The van der Waals surface area contributed by atoms with Crippen molar-refractivity contribution in [1.82, 2.24) is 0 Å². The molecule has 6 nitrogen and oxygen atoms in total. The summed E-state index contributed by atoms with van der Waals surface area (Å²) in [5, 5.41) is 2.93. The van der Waals surface area contributed by atoms with Crippen molar-refractivity contribution in [3.05, 3.63) is 42.4 Å². The lowest BCUT2D eigenvalue weighted by Gasteiger charge is -2.11. The minimum Gasteiger partial charge on any atom is -0.467 e. The topological polar surface area (TPSA) is 93.4 Å². The second-order valence-electron chi connectivity index (χ2n) is 4.64. The molecule has 2 rings (SSSR count). The van der Waals surface area contributed by atoms with Gasteiger partial charge in [-0.1, -0.05) is 0 Å². The Morgan fingerprint density at radius 3 is 2.29 bits per heavy atom. The summed E-state index contributed by atoms with van der Waals surface area (Å²) in [6.45, 7) is 0.299. The number of rotatable bonds is 5. The molecule has 0 saturated carbocycles. The molecule has 21 heavy (non-hydrogen) atoms. The standard InChI is InChI=1S/C13H15NO5S2/c1-20(15,16)11-5-6-12(13(8-11)21(2,17)18)14-9-10-4-3-7-19-10/h3-8,14H,9H2,1-2H3. The first-order chi connectivity index (χ1) is 9.68. The molecule has 0 unspecified atom stereocenters. The molecule has 1 aromatic carbocycles. The van der Waals surface area contributed by atoms with E-state index in [4.69, 9.17) is 4.42 Å². The van der Waals surface area contributed by atoms with Gasteiger partial charge in [0.1, 0.15) is 5.76 Å². The number of nitrogens with one attached hydrogen (secondary N) is 1. The fraction of sp³-hybridized carbons (Fsp3) is 0.231. The van der Waals surface area contributed by atoms with Crippen LogP contribution >= 0.6 is 0 Å². The normalized spacial score (nSPS) is 12.3. The minimum atomic E-state index is -3.56. The maximum absolute atomic E-state index is 11.8. The molecule has 0 spiro atoms. The Hall–Kier alpha value is -1.80. The highest BCUT2D eigenvalue weighted by molar-refractivity contribution is 7.91. The van der Waals surface area contributed by atoms with E-state index < -0.39 is 19.7 Å². The van der Waals surface area contributed by atoms with Crippen LogP contribution in [0.5, 0.6) is 0 Å². The van der Waals surface area contributed by atoms with Crippen molar-refractivity contribution >= 4 is 25.4 Å². The first-order valence-electron chi connectivity index (χ1n) is 5.98. The summed E-state index contributed by atoms with van der Waals surface area (Å²) >= 11 is 0. The number of hydrogen-bond donors (Lipinski definition) is 1. The van der Waals surface area contributed by atoms with Crippen molar-refractivity contribution in [2.45, 2.75) is 16.3 Å². The summed E-state index contributed by atoms with van der Waals surface area (Å²) in [6.07, 6.45) is 3.58. The molecule has 8 heteroatoms. The lowest BCUT2D eigenvalue weighted by atomic mass is 10.3. The number of benzene rings is 1. The molecule has 0 bridgehead atoms. The van der Waals surface area contributed by atoms with Crippen LogP contribution in [0.1, 0.15) is 5.76 Å². The van der Waals surface area contributed by atoms with Crippen LogP contribution in [0.25, 0.3) is 0 Å². The summed E-state index contributed by atoms with van der Waals surface area (Å²) in [7, 11) is -7.04. The van der Waals surface area contributed by atoms with Crippen molar-refractivity contribution in [1.29, 1.82) is 0 Å². The lowest BCUT2D eigenvalue weighted by molar-refractivity contribution is 0.518. The Balaban J connectivity index is 2.41. The summed E-state index contributed by atoms with van der Waals surface area (Å²) in [6, 6.07) is 7.44. The Labute approximate surface area is 123 Å². The zero-order valence-electron chi connectivity index (χ0n) is 11.5. The number of sulfone groups is 2. The third-order valence-electron chi connectivity index (χ3n) is 2.81. The molecule has 0 fully saturated rings. The molecule has 1 aromatic heterocycles. The molecule has 1 heterocycles. The van der Waals surface area contributed by atoms with Gasteiger partial charge in [-0.25, -0.2) is 16.8 Å². The predicted molar refractivity (Wildman–Crippen MR) is 78.7 cm³/mol. The lowest BCUT2D eigenvalue weighted by Crippen LogP contribution is -2.08. The van der Waals surface area contributed by atoms with Gasteiger partial charge in [-0.15, -0.1) is 0 Å². The van der Waals surface area contributed by atoms with Gasteiger partial charge < -0.3 is 9.73 Å². The zero-order valence-corrected chi connectivity index (χ0v) is 13.2. The first kappa shape index (κ1) is 15.6. The van der Waals surface area contributed by atoms with Crippen LogP contribution in [0.2, 0.25) is 0 Å². The van der Waals surface area contributed by atoms with Gasteiger partial charge in [0.05, 0.1) is 28.3 Å². The molecule has 0 atom stereocenters. The van der Waals surface area contributed by atoms with E-state index in [2.05, 4.69) is 5.32 Å². The molecule has 0 amide bonds. The van der Waals surface area contributed by atoms with Crippen molar-refractivity contribution in [2.24, 2.45) is 0 Å². The Morgan fingerprint density at radius 1 is 1.05 bits per heavy atom. The van der Waals surface area contributed by atoms with Crippen LogP contribution < -0.4 is 5.32 Å². The van der Waals surface area contributed by atoms with Crippen molar-refractivity contribution in [3.63, 3.8) is 0 Å².